The summed E-state index contributed by atoms with van der Waals surface area (Å²) in [5.74, 6) is 0.921. The summed E-state index contributed by atoms with van der Waals surface area (Å²) in [6, 6.07) is 11.1. The molecule has 180 valence electrons. The maximum Gasteiger partial charge on any atom is 0.414 e. The van der Waals surface area contributed by atoms with E-state index in [2.05, 4.69) is 25.5 Å². The number of hydrogen-bond acceptors (Lipinski definition) is 9. The van der Waals surface area contributed by atoms with Gasteiger partial charge in [-0.25, -0.2) is 9.78 Å². The van der Waals surface area contributed by atoms with Crippen LogP contribution >= 0.6 is 0 Å². The molecule has 0 saturated carbocycles. The Balaban J connectivity index is 1.05. The zero-order valence-electron chi connectivity index (χ0n) is 19.1. The molecule has 2 aromatic heterocycles. The molecule has 3 aliphatic heterocycles. The third kappa shape index (κ3) is 4.14. The van der Waals surface area contributed by atoms with Crippen LogP contribution in [0, 0.1) is 0 Å². The topological polar surface area (TPSA) is 118 Å². The quantitative estimate of drug-likeness (QED) is 0.551. The number of benzene rings is 1. The number of nitrogens with zero attached hydrogens (tertiary/aromatic N) is 4. The molecule has 5 heterocycles. The fourth-order valence-corrected chi connectivity index (χ4v) is 4.62. The predicted molar refractivity (Wildman–Crippen MR) is 128 cm³/mol. The highest BCUT2D eigenvalue weighted by molar-refractivity contribution is 5.97. The highest BCUT2D eigenvalue weighted by Crippen LogP contribution is 2.34. The zero-order valence-corrected chi connectivity index (χ0v) is 19.1. The molecule has 0 bridgehead atoms. The van der Waals surface area contributed by atoms with Crippen molar-refractivity contribution in [3.8, 4) is 11.6 Å². The van der Waals surface area contributed by atoms with Gasteiger partial charge in [-0.2, -0.15) is 0 Å². The Bertz CT molecular complexity index is 1310. The van der Waals surface area contributed by atoms with Gasteiger partial charge < -0.3 is 24.8 Å². The third-order valence-corrected chi connectivity index (χ3v) is 6.33. The van der Waals surface area contributed by atoms with Gasteiger partial charge in [-0.3, -0.25) is 19.6 Å². The van der Waals surface area contributed by atoms with Gasteiger partial charge in [-0.05, 0) is 30.3 Å². The summed E-state index contributed by atoms with van der Waals surface area (Å²) < 4.78 is 16.3. The highest BCUT2D eigenvalue weighted by Gasteiger charge is 2.37. The van der Waals surface area contributed by atoms with Gasteiger partial charge >= 0.3 is 6.09 Å². The minimum absolute atomic E-state index is 0.00600. The van der Waals surface area contributed by atoms with E-state index >= 15 is 0 Å². The van der Waals surface area contributed by atoms with Crippen molar-refractivity contribution in [3.05, 3.63) is 42.6 Å². The van der Waals surface area contributed by atoms with E-state index in [1.807, 2.05) is 12.1 Å². The van der Waals surface area contributed by atoms with E-state index in [1.54, 1.807) is 42.5 Å². The average Bonchev–Trinajstić information content (AvgIpc) is 3.22. The molecule has 2 saturated heterocycles. The number of hydrogen-bond donors (Lipinski definition) is 2. The lowest BCUT2D eigenvalue weighted by Gasteiger charge is -2.40. The molecule has 1 atom stereocenters. The number of pyridine rings is 2. The van der Waals surface area contributed by atoms with Gasteiger partial charge in [0.15, 0.2) is 6.61 Å². The molecule has 1 aromatic carbocycles. The van der Waals surface area contributed by atoms with Crippen molar-refractivity contribution in [2.24, 2.45) is 0 Å². The van der Waals surface area contributed by atoms with E-state index in [0.29, 0.717) is 36.1 Å². The predicted octanol–water partition coefficient (Wildman–Crippen LogP) is 2.09. The zero-order chi connectivity index (χ0) is 23.9. The van der Waals surface area contributed by atoms with Crippen LogP contribution in [0.5, 0.6) is 11.6 Å². The van der Waals surface area contributed by atoms with Crippen molar-refractivity contribution >= 4 is 40.1 Å². The number of carbonyl (C=O) groups is 2. The van der Waals surface area contributed by atoms with Crippen molar-refractivity contribution in [2.45, 2.75) is 12.1 Å². The molecule has 2 amide bonds. The number of likely N-dealkylation sites (tertiary alicyclic amines) is 1. The van der Waals surface area contributed by atoms with E-state index in [9.17, 15) is 9.59 Å². The first kappa shape index (κ1) is 21.4. The minimum Gasteiger partial charge on any atom is -0.482 e. The summed E-state index contributed by atoms with van der Waals surface area (Å²) in [4.78, 5) is 36.9. The van der Waals surface area contributed by atoms with Gasteiger partial charge in [0.2, 0.25) is 5.88 Å². The van der Waals surface area contributed by atoms with Gasteiger partial charge in [0.25, 0.3) is 5.91 Å². The lowest BCUT2D eigenvalue weighted by Crippen LogP contribution is -2.56. The number of amides is 2. The number of cyclic esters (lactones) is 1. The number of rotatable bonds is 6. The van der Waals surface area contributed by atoms with E-state index < -0.39 is 6.09 Å². The largest absolute Gasteiger partial charge is 0.482 e. The normalized spacial score (nSPS) is 20.0. The molecule has 0 aliphatic carbocycles. The van der Waals surface area contributed by atoms with Crippen LogP contribution in [0.15, 0.2) is 42.6 Å². The van der Waals surface area contributed by atoms with Crippen LogP contribution in [0.4, 0.5) is 21.9 Å². The number of carbonyl (C=O) groups excluding carboxylic acids is 2. The number of methoxy groups -OCH3 is 1. The summed E-state index contributed by atoms with van der Waals surface area (Å²) in [6.07, 6.45) is 1.13. The maximum atomic E-state index is 12.5. The van der Waals surface area contributed by atoms with Crippen molar-refractivity contribution in [1.82, 2.24) is 14.9 Å². The summed E-state index contributed by atoms with van der Waals surface area (Å²) in [5.41, 5.74) is 3.72. The second-order valence-electron chi connectivity index (χ2n) is 8.77. The van der Waals surface area contributed by atoms with Gasteiger partial charge in [0.05, 0.1) is 36.6 Å². The van der Waals surface area contributed by atoms with Crippen LogP contribution in [0.2, 0.25) is 0 Å². The minimum atomic E-state index is -0.392. The van der Waals surface area contributed by atoms with Crippen LogP contribution in [-0.2, 0) is 9.53 Å². The summed E-state index contributed by atoms with van der Waals surface area (Å²) in [5, 5.41) is 6.31. The summed E-state index contributed by atoms with van der Waals surface area (Å²) in [6.45, 7) is 2.73. The lowest BCUT2D eigenvalue weighted by molar-refractivity contribution is -0.118. The highest BCUT2D eigenvalue weighted by atomic mass is 16.6. The number of fused-ring (bicyclic) bond motifs is 2. The van der Waals surface area contributed by atoms with Crippen molar-refractivity contribution in [2.75, 3.05) is 55.4 Å². The Morgan fingerprint density at radius 1 is 1.17 bits per heavy atom. The Labute approximate surface area is 201 Å². The van der Waals surface area contributed by atoms with Crippen LogP contribution in [0.25, 0.3) is 11.0 Å². The number of nitrogens with one attached hydrogen (secondary N) is 2. The number of anilines is 3. The second kappa shape index (κ2) is 8.58. The molecule has 0 spiro atoms. The van der Waals surface area contributed by atoms with E-state index in [0.717, 1.165) is 29.8 Å². The van der Waals surface area contributed by atoms with Gasteiger partial charge in [0.1, 0.15) is 17.4 Å². The first-order valence-corrected chi connectivity index (χ1v) is 11.4. The fraction of sp³-hybridized carbons (Fsp3) is 0.333. The monoisotopic (exact) mass is 476 g/mol. The Hall–Kier alpha value is -4.12. The van der Waals surface area contributed by atoms with E-state index in [-0.39, 0.29) is 24.7 Å². The molecule has 11 nitrogen and oxygen atoms in total. The third-order valence-electron chi connectivity index (χ3n) is 6.33. The summed E-state index contributed by atoms with van der Waals surface area (Å²) in [7, 11) is 1.59. The number of ether oxygens (including phenoxy) is 3. The SMILES string of the molecule is COc1ccc2nccc(NC3CN(CC4CN(c5ccc6c(c5)NC(=O)CO6)C(=O)O4)C3)c2n1. The average molecular weight is 476 g/mol. The van der Waals surface area contributed by atoms with Crippen LogP contribution in [-0.4, -0.2) is 78.9 Å². The van der Waals surface area contributed by atoms with Gasteiger partial charge in [-0.15, -0.1) is 0 Å². The summed E-state index contributed by atoms with van der Waals surface area (Å²) >= 11 is 0. The lowest BCUT2D eigenvalue weighted by atomic mass is 10.1. The van der Waals surface area contributed by atoms with Gasteiger partial charge in [0, 0.05) is 37.6 Å². The molecule has 35 heavy (non-hydrogen) atoms. The van der Waals surface area contributed by atoms with Crippen molar-refractivity contribution in [1.29, 1.82) is 0 Å². The molecule has 6 rings (SSSR count). The van der Waals surface area contributed by atoms with Gasteiger partial charge in [-0.1, -0.05) is 0 Å². The smallest absolute Gasteiger partial charge is 0.414 e. The first-order valence-electron chi connectivity index (χ1n) is 11.4. The Morgan fingerprint density at radius 2 is 2.06 bits per heavy atom. The van der Waals surface area contributed by atoms with Crippen molar-refractivity contribution in [3.63, 3.8) is 0 Å². The molecule has 2 fully saturated rings. The Morgan fingerprint density at radius 3 is 2.91 bits per heavy atom. The molecular weight excluding hydrogens is 452 g/mol. The fourth-order valence-electron chi connectivity index (χ4n) is 4.62. The molecule has 2 N–H and O–H groups in total. The molecule has 3 aliphatic rings. The first-order chi connectivity index (χ1) is 17.1. The molecule has 3 aromatic rings. The molecule has 11 heteroatoms. The number of aromatic nitrogens is 2. The second-order valence-corrected chi connectivity index (χ2v) is 8.77. The standard InChI is InChI=1S/C24H24N6O5/c1-33-22-5-3-17-23(28-22)18(6-7-25-17)26-14-9-29(10-14)11-16-12-30(24(32)35-16)15-2-4-20-19(8-15)27-21(31)13-34-20/h2-8,14,16H,9-13H2,1H3,(H,25,26)(H,27,31). The van der Waals surface area contributed by atoms with E-state index in [4.69, 9.17) is 14.2 Å². The van der Waals surface area contributed by atoms with Crippen LogP contribution in [0.1, 0.15) is 0 Å². The van der Waals surface area contributed by atoms with E-state index in [1.165, 1.54) is 0 Å². The van der Waals surface area contributed by atoms with Crippen molar-refractivity contribution < 1.29 is 23.8 Å². The van der Waals surface area contributed by atoms with Crippen LogP contribution in [0.3, 0.4) is 0 Å². The molecule has 1 unspecified atom stereocenters. The molecule has 0 radical (unpaired) electrons. The Kier molecular flexibility index (Phi) is 5.25. The van der Waals surface area contributed by atoms with Crippen LogP contribution < -0.4 is 25.0 Å². The maximum absolute atomic E-state index is 12.5. The molecular formula is C24H24N6O5.